The molecule has 128 valence electrons. The van der Waals surface area contributed by atoms with E-state index in [1.165, 1.54) is 4.57 Å². The third kappa shape index (κ3) is 2.15. The fraction of sp³-hybridized carbons (Fsp3) is 0.278. The van der Waals surface area contributed by atoms with E-state index in [4.69, 9.17) is 4.74 Å². The van der Waals surface area contributed by atoms with Crippen LogP contribution in [0.25, 0.3) is 0 Å². The second kappa shape index (κ2) is 5.47. The van der Waals surface area contributed by atoms with Crippen LogP contribution in [0.1, 0.15) is 29.5 Å². The van der Waals surface area contributed by atoms with E-state index < -0.39 is 23.1 Å². The van der Waals surface area contributed by atoms with Crippen LogP contribution in [-0.4, -0.2) is 22.1 Å². The van der Waals surface area contributed by atoms with E-state index in [-0.39, 0.29) is 6.61 Å². The van der Waals surface area contributed by atoms with Gasteiger partial charge in [0.15, 0.2) is 0 Å². The van der Waals surface area contributed by atoms with Crippen LogP contribution < -0.4 is 16.6 Å². The van der Waals surface area contributed by atoms with Gasteiger partial charge in [0.05, 0.1) is 22.8 Å². The van der Waals surface area contributed by atoms with Crippen LogP contribution in [0, 0.1) is 6.92 Å². The lowest BCUT2D eigenvalue weighted by Gasteiger charge is -2.28. The number of hydrogen-bond donors (Lipinski definition) is 2. The molecule has 1 aromatic carbocycles. The van der Waals surface area contributed by atoms with Crippen molar-refractivity contribution < 1.29 is 9.53 Å². The predicted octanol–water partition coefficient (Wildman–Crippen LogP) is 1.23. The summed E-state index contributed by atoms with van der Waals surface area (Å²) in [5.41, 5.74) is 2.26. The molecule has 0 spiro atoms. The molecule has 0 saturated heterocycles. The number of benzene rings is 1. The molecule has 25 heavy (non-hydrogen) atoms. The van der Waals surface area contributed by atoms with E-state index in [1.807, 2.05) is 38.1 Å². The van der Waals surface area contributed by atoms with Gasteiger partial charge in [-0.05, 0) is 25.0 Å². The maximum absolute atomic E-state index is 12.7. The SMILES string of the molecule is CCn1c2c(c(=O)[nH]c1=O)[C@H](c1ccccc1C)C1=C(COC1=O)N2. The number of nitrogens with one attached hydrogen (secondary N) is 2. The minimum absolute atomic E-state index is 0.112. The van der Waals surface area contributed by atoms with Crippen molar-refractivity contribution in [1.82, 2.24) is 9.55 Å². The smallest absolute Gasteiger partial charge is 0.337 e. The maximum atomic E-state index is 12.7. The van der Waals surface area contributed by atoms with Gasteiger partial charge in [0.2, 0.25) is 0 Å². The summed E-state index contributed by atoms with van der Waals surface area (Å²) < 4.78 is 6.66. The zero-order valence-electron chi connectivity index (χ0n) is 13.9. The topological polar surface area (TPSA) is 93.2 Å². The number of hydrogen-bond acceptors (Lipinski definition) is 5. The number of esters is 1. The molecule has 7 nitrogen and oxygen atoms in total. The maximum Gasteiger partial charge on any atom is 0.337 e. The summed E-state index contributed by atoms with van der Waals surface area (Å²) in [7, 11) is 0. The van der Waals surface area contributed by atoms with Crippen LogP contribution in [-0.2, 0) is 16.1 Å². The quantitative estimate of drug-likeness (QED) is 0.803. The van der Waals surface area contributed by atoms with Crippen LogP contribution >= 0.6 is 0 Å². The lowest BCUT2D eigenvalue weighted by molar-refractivity contribution is -0.136. The number of nitrogens with zero attached hydrogens (tertiary/aromatic N) is 1. The molecule has 0 bridgehead atoms. The number of aromatic nitrogens is 2. The third-order valence-corrected chi connectivity index (χ3v) is 4.79. The first kappa shape index (κ1) is 15.4. The Labute approximate surface area is 143 Å². The molecule has 0 amide bonds. The standard InChI is InChI=1S/C18H17N3O4/c1-3-21-15-14(16(22)20-18(21)24)12(10-7-5-4-6-9(10)2)13-11(19-15)8-25-17(13)23/h4-7,12,19H,3,8H2,1-2H3,(H,20,22,24)/t12-/m1/s1. The Morgan fingerprint density at radius 3 is 2.72 bits per heavy atom. The van der Waals surface area contributed by atoms with E-state index >= 15 is 0 Å². The summed E-state index contributed by atoms with van der Waals surface area (Å²) in [6.45, 7) is 4.26. The first-order valence-electron chi connectivity index (χ1n) is 8.12. The zero-order valence-corrected chi connectivity index (χ0v) is 13.9. The number of rotatable bonds is 2. The summed E-state index contributed by atoms with van der Waals surface area (Å²) in [6, 6.07) is 7.60. The fourth-order valence-corrected chi connectivity index (χ4v) is 3.61. The van der Waals surface area contributed by atoms with Crippen LogP contribution in [0.5, 0.6) is 0 Å². The van der Waals surface area contributed by atoms with Gasteiger partial charge in [-0.25, -0.2) is 9.59 Å². The highest BCUT2D eigenvalue weighted by atomic mass is 16.5. The van der Waals surface area contributed by atoms with Crippen LogP contribution in [0.2, 0.25) is 0 Å². The molecule has 1 atom stereocenters. The van der Waals surface area contributed by atoms with E-state index in [1.54, 1.807) is 0 Å². The van der Waals surface area contributed by atoms with E-state index in [9.17, 15) is 14.4 Å². The molecular formula is C18H17N3O4. The highest BCUT2D eigenvalue weighted by Crippen LogP contribution is 2.42. The van der Waals surface area contributed by atoms with Crippen molar-refractivity contribution >= 4 is 11.8 Å². The molecule has 0 radical (unpaired) electrons. The third-order valence-electron chi connectivity index (χ3n) is 4.79. The summed E-state index contributed by atoms with van der Waals surface area (Å²) in [4.78, 5) is 39.5. The van der Waals surface area contributed by atoms with Gasteiger partial charge in [-0.2, -0.15) is 0 Å². The second-order valence-electron chi connectivity index (χ2n) is 6.15. The molecule has 7 heteroatoms. The molecular weight excluding hydrogens is 322 g/mol. The van der Waals surface area contributed by atoms with Gasteiger partial charge in [0.25, 0.3) is 5.56 Å². The van der Waals surface area contributed by atoms with Crippen molar-refractivity contribution in [1.29, 1.82) is 0 Å². The second-order valence-corrected chi connectivity index (χ2v) is 6.15. The first-order valence-corrected chi connectivity index (χ1v) is 8.12. The molecule has 0 fully saturated rings. The number of aryl methyl sites for hydroxylation is 1. The van der Waals surface area contributed by atoms with Crippen molar-refractivity contribution in [3.63, 3.8) is 0 Å². The van der Waals surface area contributed by atoms with Gasteiger partial charge in [-0.3, -0.25) is 14.3 Å². The monoisotopic (exact) mass is 339 g/mol. The largest absolute Gasteiger partial charge is 0.456 e. The number of aromatic amines is 1. The Bertz CT molecular complexity index is 1050. The number of anilines is 1. The van der Waals surface area contributed by atoms with E-state index in [0.717, 1.165) is 11.1 Å². The van der Waals surface area contributed by atoms with Crippen LogP contribution in [0.15, 0.2) is 45.1 Å². The summed E-state index contributed by atoms with van der Waals surface area (Å²) in [5.74, 6) is -0.568. The van der Waals surface area contributed by atoms with Crippen molar-refractivity contribution in [3.05, 3.63) is 73.1 Å². The summed E-state index contributed by atoms with van der Waals surface area (Å²) >= 11 is 0. The zero-order chi connectivity index (χ0) is 17.7. The average molecular weight is 339 g/mol. The molecule has 0 aliphatic carbocycles. The highest BCUT2D eigenvalue weighted by molar-refractivity contribution is 5.97. The van der Waals surface area contributed by atoms with Crippen molar-refractivity contribution in [2.45, 2.75) is 26.3 Å². The Balaban J connectivity index is 2.09. The summed E-state index contributed by atoms with van der Waals surface area (Å²) in [6.07, 6.45) is 0. The van der Waals surface area contributed by atoms with Crippen molar-refractivity contribution in [2.24, 2.45) is 0 Å². The van der Waals surface area contributed by atoms with Crippen molar-refractivity contribution in [3.8, 4) is 0 Å². The van der Waals surface area contributed by atoms with E-state index in [0.29, 0.717) is 29.2 Å². The molecule has 0 unspecified atom stereocenters. The van der Waals surface area contributed by atoms with Crippen LogP contribution in [0.3, 0.4) is 0 Å². The van der Waals surface area contributed by atoms with Gasteiger partial charge in [0.1, 0.15) is 12.4 Å². The number of H-pyrrole nitrogens is 1. The normalized spacial score (nSPS) is 18.5. The Kier molecular flexibility index (Phi) is 3.38. The molecule has 2 N–H and O–H groups in total. The Morgan fingerprint density at radius 2 is 2.00 bits per heavy atom. The number of carbonyl (C=O) groups is 1. The van der Waals surface area contributed by atoms with Gasteiger partial charge in [0, 0.05) is 6.54 Å². The van der Waals surface area contributed by atoms with Gasteiger partial charge in [-0.1, -0.05) is 24.3 Å². The van der Waals surface area contributed by atoms with Crippen LogP contribution in [0.4, 0.5) is 5.82 Å². The minimum Gasteiger partial charge on any atom is -0.456 e. The number of fused-ring (bicyclic) bond motifs is 1. The lowest BCUT2D eigenvalue weighted by Crippen LogP contribution is -2.38. The van der Waals surface area contributed by atoms with Gasteiger partial charge in [-0.15, -0.1) is 0 Å². The first-order chi connectivity index (χ1) is 12.0. The molecule has 0 saturated carbocycles. The molecule has 4 rings (SSSR count). The molecule has 1 aromatic heterocycles. The number of carbonyl (C=O) groups excluding carboxylic acids is 1. The van der Waals surface area contributed by atoms with Gasteiger partial charge < -0.3 is 10.1 Å². The number of ether oxygens (including phenoxy) is 1. The van der Waals surface area contributed by atoms with Gasteiger partial charge >= 0.3 is 11.7 Å². The molecule has 2 aromatic rings. The lowest BCUT2D eigenvalue weighted by atomic mass is 9.81. The molecule has 3 heterocycles. The Hall–Kier alpha value is -3.09. The average Bonchev–Trinajstić information content (AvgIpc) is 2.95. The highest BCUT2D eigenvalue weighted by Gasteiger charge is 2.41. The van der Waals surface area contributed by atoms with E-state index in [2.05, 4.69) is 10.3 Å². The molecule has 2 aliphatic rings. The molecule has 2 aliphatic heterocycles. The number of cyclic esters (lactones) is 1. The minimum atomic E-state index is -0.565. The summed E-state index contributed by atoms with van der Waals surface area (Å²) in [5, 5.41) is 3.09. The van der Waals surface area contributed by atoms with Crippen molar-refractivity contribution in [2.75, 3.05) is 11.9 Å². The fourth-order valence-electron chi connectivity index (χ4n) is 3.61. The Morgan fingerprint density at radius 1 is 1.24 bits per heavy atom. The predicted molar refractivity (Wildman–Crippen MR) is 91.6 cm³/mol.